The summed E-state index contributed by atoms with van der Waals surface area (Å²) in [5, 5.41) is 14.3. The molecule has 6 aromatic rings. The Morgan fingerprint density at radius 1 is 0.712 bits per heavy atom. The van der Waals surface area contributed by atoms with Crippen LogP contribution in [0.1, 0.15) is 37.8 Å². The molecule has 4 fully saturated rings. The maximum Gasteiger partial charge on any atom is 0.235 e. The monoisotopic (exact) mass is 725 g/mol. The average molecular weight is 726 g/mol. The molecule has 10 rings (SSSR count). The molecule has 13 nitrogen and oxygen atoms in total. The van der Waals surface area contributed by atoms with E-state index in [2.05, 4.69) is 31.6 Å². The van der Waals surface area contributed by atoms with E-state index in [1.165, 1.54) is 28.0 Å². The number of rotatable bonds is 6. The summed E-state index contributed by atoms with van der Waals surface area (Å²) in [6.45, 7) is 6.01. The van der Waals surface area contributed by atoms with Gasteiger partial charge in [0.1, 0.15) is 11.5 Å². The van der Waals surface area contributed by atoms with Crippen LogP contribution in [0.5, 0.6) is 0 Å². The highest BCUT2D eigenvalue weighted by atomic mass is 32.1. The molecule has 4 aliphatic rings. The van der Waals surface area contributed by atoms with Crippen molar-refractivity contribution in [1.29, 1.82) is 0 Å². The maximum atomic E-state index is 15.7. The second kappa shape index (κ2) is 11.9. The van der Waals surface area contributed by atoms with E-state index in [4.69, 9.17) is 10.1 Å². The first-order valence-electron chi connectivity index (χ1n) is 18.0. The molecule has 0 atom stereocenters. The number of pyridine rings is 3. The zero-order chi connectivity index (χ0) is 35.4. The Kier molecular flexibility index (Phi) is 7.28. The summed E-state index contributed by atoms with van der Waals surface area (Å²) >= 11 is 1.17. The van der Waals surface area contributed by atoms with Crippen LogP contribution in [-0.4, -0.2) is 110 Å². The summed E-state index contributed by atoms with van der Waals surface area (Å²) in [7, 11) is 4.10. The number of piperazine rings is 2. The van der Waals surface area contributed by atoms with Crippen LogP contribution >= 0.6 is 11.3 Å². The van der Waals surface area contributed by atoms with Crippen LogP contribution in [0, 0.1) is 11.6 Å². The molecule has 2 aliphatic carbocycles. The van der Waals surface area contributed by atoms with E-state index in [0.717, 1.165) is 51.9 Å². The van der Waals surface area contributed by atoms with Gasteiger partial charge in [0.15, 0.2) is 22.5 Å². The number of benzene rings is 1. The van der Waals surface area contributed by atoms with Crippen LogP contribution in [-0.2, 0) is 0 Å². The number of halogens is 2. The molecule has 0 spiro atoms. The third-order valence-electron chi connectivity index (χ3n) is 11.0. The minimum absolute atomic E-state index is 0.150. The SMILES string of the molecule is CN1CCN(c2cc3c(cc2F)c(=O)c(-c2nnc4sc(-c5cn(C6CC6)c6nc(N7CCN(C)CC7)c(F)cc6c5=O)nn24)cn3C2CC2)CC1. The first-order valence-corrected chi connectivity index (χ1v) is 18.8. The molecule has 2 saturated heterocycles. The van der Waals surface area contributed by atoms with Crippen molar-refractivity contribution in [2.45, 2.75) is 37.8 Å². The molecule has 0 amide bonds. The number of hydrogen-bond acceptors (Lipinski definition) is 11. The third kappa shape index (κ3) is 5.21. The molecule has 52 heavy (non-hydrogen) atoms. The van der Waals surface area contributed by atoms with Crippen LogP contribution < -0.4 is 20.7 Å². The standard InChI is InChI=1S/C36H37F2N11O2S/c1-43-7-11-45(12-8-43)29-17-28-22(15-26(29)37)30(50)24(18-47(28)20-3-4-20)33-40-41-36-49(33)42-35(52-36)25-19-48(21-5-6-21)32-23(31(25)51)16-27(38)34(39-32)46-13-9-44(2)10-14-46/h15-21H,3-14H2,1-2H3. The third-order valence-corrected chi connectivity index (χ3v) is 12.0. The van der Waals surface area contributed by atoms with Crippen molar-refractivity contribution in [3.05, 3.63) is 62.7 Å². The van der Waals surface area contributed by atoms with E-state index in [9.17, 15) is 9.59 Å². The molecule has 16 heteroatoms. The minimum Gasteiger partial charge on any atom is -0.367 e. The van der Waals surface area contributed by atoms with Crippen molar-refractivity contribution in [2.24, 2.45) is 0 Å². The van der Waals surface area contributed by atoms with Gasteiger partial charge in [0, 0.05) is 82.2 Å². The van der Waals surface area contributed by atoms with Crippen LogP contribution in [0.2, 0.25) is 0 Å². The van der Waals surface area contributed by atoms with Gasteiger partial charge in [-0.2, -0.15) is 9.61 Å². The lowest BCUT2D eigenvalue weighted by atomic mass is 10.1. The Labute approximate surface area is 300 Å². The van der Waals surface area contributed by atoms with Crippen LogP contribution in [0.4, 0.5) is 20.3 Å². The van der Waals surface area contributed by atoms with E-state index in [-0.39, 0.29) is 50.9 Å². The van der Waals surface area contributed by atoms with Gasteiger partial charge in [-0.1, -0.05) is 11.3 Å². The number of likely N-dealkylation sites (N-methyl/N-ethyl adjacent to an activating group) is 2. The van der Waals surface area contributed by atoms with Gasteiger partial charge in [-0.3, -0.25) is 9.59 Å². The highest BCUT2D eigenvalue weighted by Gasteiger charge is 2.31. The van der Waals surface area contributed by atoms with E-state index < -0.39 is 11.6 Å². The summed E-state index contributed by atoms with van der Waals surface area (Å²) < 4.78 is 36.9. The van der Waals surface area contributed by atoms with Gasteiger partial charge in [-0.25, -0.2) is 13.8 Å². The first-order chi connectivity index (χ1) is 25.2. The molecule has 0 N–H and O–H groups in total. The Morgan fingerprint density at radius 2 is 1.33 bits per heavy atom. The number of fused-ring (bicyclic) bond motifs is 3. The van der Waals surface area contributed by atoms with Gasteiger partial charge in [0.2, 0.25) is 15.8 Å². The van der Waals surface area contributed by atoms with E-state index >= 15 is 8.78 Å². The molecule has 0 radical (unpaired) electrons. The Bertz CT molecular complexity index is 2540. The highest BCUT2D eigenvalue weighted by Crippen LogP contribution is 2.40. The predicted octanol–water partition coefficient (Wildman–Crippen LogP) is 4.00. The van der Waals surface area contributed by atoms with Gasteiger partial charge < -0.3 is 28.7 Å². The van der Waals surface area contributed by atoms with Crippen LogP contribution in [0.3, 0.4) is 0 Å². The lowest BCUT2D eigenvalue weighted by molar-refractivity contribution is 0.311. The molecule has 0 unspecified atom stereocenters. The average Bonchev–Trinajstić information content (AvgIpc) is 4.07. The number of anilines is 2. The van der Waals surface area contributed by atoms with Gasteiger partial charge in [0.25, 0.3) is 0 Å². The summed E-state index contributed by atoms with van der Waals surface area (Å²) in [5.41, 5.74) is 1.50. The summed E-state index contributed by atoms with van der Waals surface area (Å²) in [6, 6.07) is 4.83. The van der Waals surface area contributed by atoms with E-state index in [1.54, 1.807) is 12.4 Å². The molecule has 0 bridgehead atoms. The molecule has 268 valence electrons. The molecular weight excluding hydrogens is 689 g/mol. The number of hydrogen-bond donors (Lipinski definition) is 0. The molecular formula is C36H37F2N11O2S. The number of nitrogens with zero attached hydrogens (tertiary/aromatic N) is 11. The summed E-state index contributed by atoms with van der Waals surface area (Å²) in [6.07, 6.45) is 7.35. The second-order valence-corrected chi connectivity index (χ2v) is 15.7. The largest absolute Gasteiger partial charge is 0.367 e. The number of aromatic nitrogens is 7. The van der Waals surface area contributed by atoms with Gasteiger partial charge >= 0.3 is 0 Å². The smallest absolute Gasteiger partial charge is 0.235 e. The molecule has 7 heterocycles. The normalized spacial score (nSPS) is 19.2. The molecule has 2 saturated carbocycles. The summed E-state index contributed by atoms with van der Waals surface area (Å²) in [5.74, 6) is -0.464. The Hall–Kier alpha value is -4.80. The molecule has 2 aliphatic heterocycles. The van der Waals surface area contributed by atoms with Crippen LogP contribution in [0.25, 0.3) is 48.9 Å². The Morgan fingerprint density at radius 3 is 2.02 bits per heavy atom. The zero-order valence-electron chi connectivity index (χ0n) is 28.9. The van der Waals surface area contributed by atoms with Crippen molar-refractivity contribution >= 4 is 49.7 Å². The lowest BCUT2D eigenvalue weighted by Crippen LogP contribution is -2.45. The molecule has 5 aromatic heterocycles. The van der Waals surface area contributed by atoms with Crippen LogP contribution in [0.15, 0.2) is 40.2 Å². The quantitative estimate of drug-likeness (QED) is 0.250. The Balaban J connectivity index is 1.07. The van der Waals surface area contributed by atoms with Crippen molar-refractivity contribution in [3.63, 3.8) is 0 Å². The fraction of sp³-hybridized carbons (Fsp3) is 0.444. The van der Waals surface area contributed by atoms with Gasteiger partial charge in [-0.15, -0.1) is 10.2 Å². The van der Waals surface area contributed by atoms with Gasteiger partial charge in [0.05, 0.1) is 27.7 Å². The lowest BCUT2D eigenvalue weighted by Gasteiger charge is -2.34. The van der Waals surface area contributed by atoms with Crippen molar-refractivity contribution in [3.8, 4) is 22.0 Å². The fourth-order valence-corrected chi connectivity index (χ4v) is 8.46. The maximum absolute atomic E-state index is 15.7. The van der Waals surface area contributed by atoms with Crippen molar-refractivity contribution in [1.82, 2.24) is 43.7 Å². The van der Waals surface area contributed by atoms with Crippen molar-refractivity contribution < 1.29 is 8.78 Å². The van der Waals surface area contributed by atoms with Gasteiger partial charge in [-0.05, 0) is 58.0 Å². The minimum atomic E-state index is -0.524. The predicted molar refractivity (Wildman–Crippen MR) is 197 cm³/mol. The topological polar surface area (TPSA) is 113 Å². The first kappa shape index (κ1) is 31.9. The van der Waals surface area contributed by atoms with Crippen molar-refractivity contribution in [2.75, 3.05) is 76.3 Å². The van der Waals surface area contributed by atoms with E-state index in [0.29, 0.717) is 58.6 Å². The zero-order valence-corrected chi connectivity index (χ0v) is 29.7. The fourth-order valence-electron chi connectivity index (χ4n) is 7.62. The molecule has 1 aromatic carbocycles. The van der Waals surface area contributed by atoms with E-state index in [1.807, 2.05) is 27.5 Å². The summed E-state index contributed by atoms with van der Waals surface area (Å²) in [4.78, 5) is 41.7. The second-order valence-electron chi connectivity index (χ2n) is 14.7. The highest BCUT2D eigenvalue weighted by molar-refractivity contribution is 7.19.